The van der Waals surface area contributed by atoms with Gasteiger partial charge in [0.2, 0.25) is 0 Å². The van der Waals surface area contributed by atoms with Crippen molar-refractivity contribution in [1.82, 2.24) is 19.9 Å². The molecule has 0 spiro atoms. The molecule has 5 heteroatoms. The molecule has 0 N–H and O–H groups in total. The third-order valence-electron chi connectivity index (χ3n) is 10.3. The van der Waals surface area contributed by atoms with Crippen LogP contribution in [0, 0.1) is 0 Å². The molecular formula is C48H28N4S. The summed E-state index contributed by atoms with van der Waals surface area (Å²) in [6, 6.07) is 59.5. The first-order chi connectivity index (χ1) is 26.3. The number of rotatable bonds is 4. The lowest BCUT2D eigenvalue weighted by Crippen LogP contribution is -2.00. The lowest BCUT2D eigenvalue weighted by atomic mass is 9.92. The fourth-order valence-corrected chi connectivity index (χ4v) is 9.07. The van der Waals surface area contributed by atoms with E-state index in [9.17, 15) is 0 Å². The fourth-order valence-electron chi connectivity index (χ4n) is 7.78. The van der Waals surface area contributed by atoms with Gasteiger partial charge in [-0.25, -0.2) is 19.9 Å². The monoisotopic (exact) mass is 692 g/mol. The van der Waals surface area contributed by atoms with E-state index in [4.69, 9.17) is 19.9 Å². The van der Waals surface area contributed by atoms with Gasteiger partial charge in [0.15, 0.2) is 17.5 Å². The summed E-state index contributed by atoms with van der Waals surface area (Å²) in [6.07, 6.45) is 0. The summed E-state index contributed by atoms with van der Waals surface area (Å²) in [4.78, 5) is 20.4. The van der Waals surface area contributed by atoms with E-state index >= 15 is 0 Å². The summed E-state index contributed by atoms with van der Waals surface area (Å²) in [5.74, 6) is 1.91. The topological polar surface area (TPSA) is 51.6 Å². The van der Waals surface area contributed by atoms with Gasteiger partial charge in [0.25, 0.3) is 0 Å². The predicted octanol–water partition coefficient (Wildman–Crippen LogP) is 12.9. The Kier molecular flexibility index (Phi) is 6.69. The Labute approximate surface area is 308 Å². The van der Waals surface area contributed by atoms with Crippen molar-refractivity contribution in [2.75, 3.05) is 0 Å². The quantitative estimate of drug-likeness (QED) is 0.172. The van der Waals surface area contributed by atoms with Crippen LogP contribution in [0.2, 0.25) is 0 Å². The second-order valence-corrected chi connectivity index (χ2v) is 14.4. The van der Waals surface area contributed by atoms with Crippen LogP contribution in [-0.4, -0.2) is 19.9 Å². The molecule has 0 radical (unpaired) electrons. The molecule has 53 heavy (non-hydrogen) atoms. The minimum atomic E-state index is 0.627. The molecule has 0 atom stereocenters. The number of benzene rings is 8. The highest BCUT2D eigenvalue weighted by Crippen LogP contribution is 2.48. The van der Waals surface area contributed by atoms with Gasteiger partial charge in [-0.2, -0.15) is 0 Å². The van der Waals surface area contributed by atoms with E-state index in [-0.39, 0.29) is 0 Å². The SMILES string of the molecule is c1ccc(-c2nc(-c3ccc(-c4nc5ccccc5c5c6sc7ccccc7c6c6ccccc6c45)cc3)nc(-c3ccc4ccccc4c3)n2)cc1. The third kappa shape index (κ3) is 4.82. The van der Waals surface area contributed by atoms with Crippen LogP contribution in [0.1, 0.15) is 0 Å². The van der Waals surface area contributed by atoms with E-state index in [2.05, 4.69) is 140 Å². The second kappa shape index (κ2) is 11.9. The predicted molar refractivity (Wildman–Crippen MR) is 222 cm³/mol. The van der Waals surface area contributed by atoms with E-state index < -0.39 is 0 Å². The molecule has 0 fully saturated rings. The number of para-hydroxylation sites is 1. The maximum Gasteiger partial charge on any atom is 0.164 e. The van der Waals surface area contributed by atoms with Gasteiger partial charge in [0, 0.05) is 58.6 Å². The largest absolute Gasteiger partial charge is 0.247 e. The molecule has 0 amide bonds. The van der Waals surface area contributed by atoms with Crippen molar-refractivity contribution in [2.45, 2.75) is 0 Å². The van der Waals surface area contributed by atoms with Crippen molar-refractivity contribution >= 4 is 74.7 Å². The number of hydrogen-bond acceptors (Lipinski definition) is 5. The van der Waals surface area contributed by atoms with Gasteiger partial charge < -0.3 is 0 Å². The van der Waals surface area contributed by atoms with Gasteiger partial charge in [0.05, 0.1) is 11.2 Å². The van der Waals surface area contributed by atoms with Crippen LogP contribution in [0.5, 0.6) is 0 Å². The lowest BCUT2D eigenvalue weighted by Gasteiger charge is -2.15. The van der Waals surface area contributed by atoms with Crippen LogP contribution in [0.15, 0.2) is 170 Å². The maximum absolute atomic E-state index is 5.38. The molecular weight excluding hydrogens is 665 g/mol. The second-order valence-electron chi connectivity index (χ2n) is 13.4. The first-order valence-corrected chi connectivity index (χ1v) is 18.5. The average molecular weight is 693 g/mol. The molecule has 246 valence electrons. The Morgan fingerprint density at radius 1 is 0.340 bits per heavy atom. The number of nitrogens with zero attached hydrogens (tertiary/aromatic N) is 4. The van der Waals surface area contributed by atoms with Crippen LogP contribution < -0.4 is 0 Å². The zero-order valence-corrected chi connectivity index (χ0v) is 29.2. The smallest absolute Gasteiger partial charge is 0.164 e. The number of thiophene rings is 1. The van der Waals surface area contributed by atoms with E-state index in [1.165, 1.54) is 52.5 Å². The molecule has 0 aliphatic rings. The summed E-state index contributed by atoms with van der Waals surface area (Å²) >= 11 is 1.87. The van der Waals surface area contributed by atoms with Crippen molar-refractivity contribution in [1.29, 1.82) is 0 Å². The molecule has 11 rings (SSSR count). The minimum Gasteiger partial charge on any atom is -0.247 e. The van der Waals surface area contributed by atoms with E-state index in [1.807, 2.05) is 41.7 Å². The van der Waals surface area contributed by atoms with E-state index in [1.54, 1.807) is 0 Å². The Bertz CT molecular complexity index is 3220. The Balaban J connectivity index is 1.12. The summed E-state index contributed by atoms with van der Waals surface area (Å²) in [5, 5.41) is 11.0. The molecule has 3 heterocycles. The normalized spacial score (nSPS) is 11.8. The molecule has 0 aliphatic heterocycles. The molecule has 0 unspecified atom stereocenters. The average Bonchev–Trinajstić information content (AvgIpc) is 3.63. The molecule has 11 aromatic rings. The first kappa shape index (κ1) is 29.9. The van der Waals surface area contributed by atoms with Gasteiger partial charge >= 0.3 is 0 Å². The van der Waals surface area contributed by atoms with Crippen LogP contribution in [0.25, 0.3) is 109 Å². The zero-order valence-electron chi connectivity index (χ0n) is 28.4. The summed E-state index contributed by atoms with van der Waals surface area (Å²) < 4.78 is 2.60. The molecule has 4 nitrogen and oxygen atoms in total. The molecule has 0 aliphatic carbocycles. The number of pyridine rings is 1. The van der Waals surface area contributed by atoms with Crippen molar-refractivity contribution in [3.05, 3.63) is 170 Å². The first-order valence-electron chi connectivity index (χ1n) is 17.7. The standard InChI is InChI=1S/C48H28N4S/c1-2-13-31(14-3-1)46-50-47(52-48(51-46)34-27-22-29-12-4-5-15-33(29)28-34)32-25-23-30(24-26-32)44-42-36-17-7-6-16-35(36)41-38-19-9-11-21-40(38)53-45(41)43(42)37-18-8-10-20-39(37)49-44/h1-28H. The fraction of sp³-hybridized carbons (Fsp3) is 0. The van der Waals surface area contributed by atoms with E-state index in [0.29, 0.717) is 17.5 Å². The van der Waals surface area contributed by atoms with Crippen molar-refractivity contribution < 1.29 is 0 Å². The van der Waals surface area contributed by atoms with Gasteiger partial charge in [0.1, 0.15) is 0 Å². The summed E-state index contributed by atoms with van der Waals surface area (Å²) in [7, 11) is 0. The van der Waals surface area contributed by atoms with Crippen LogP contribution in [-0.2, 0) is 0 Å². The highest BCUT2D eigenvalue weighted by molar-refractivity contribution is 7.27. The summed E-state index contributed by atoms with van der Waals surface area (Å²) in [6.45, 7) is 0. The Hall–Kier alpha value is -6.82. The zero-order chi connectivity index (χ0) is 34.9. The molecule has 8 aromatic carbocycles. The van der Waals surface area contributed by atoms with Crippen LogP contribution in [0.4, 0.5) is 0 Å². The third-order valence-corrected chi connectivity index (χ3v) is 11.5. The van der Waals surface area contributed by atoms with Crippen molar-refractivity contribution in [2.24, 2.45) is 0 Å². The molecule has 0 saturated heterocycles. The molecule has 0 bridgehead atoms. The van der Waals surface area contributed by atoms with Crippen molar-refractivity contribution in [3.8, 4) is 45.4 Å². The van der Waals surface area contributed by atoms with Crippen LogP contribution >= 0.6 is 11.3 Å². The highest BCUT2D eigenvalue weighted by Gasteiger charge is 2.21. The van der Waals surface area contributed by atoms with Crippen LogP contribution in [0.3, 0.4) is 0 Å². The van der Waals surface area contributed by atoms with Crippen molar-refractivity contribution in [3.63, 3.8) is 0 Å². The molecule has 3 aromatic heterocycles. The van der Waals surface area contributed by atoms with Gasteiger partial charge in [-0.1, -0.05) is 152 Å². The number of hydrogen-bond donors (Lipinski definition) is 0. The number of fused-ring (bicyclic) bond motifs is 11. The van der Waals surface area contributed by atoms with Gasteiger partial charge in [-0.15, -0.1) is 11.3 Å². The highest BCUT2D eigenvalue weighted by atomic mass is 32.1. The minimum absolute atomic E-state index is 0.627. The molecule has 0 saturated carbocycles. The Morgan fingerprint density at radius 3 is 1.66 bits per heavy atom. The number of aromatic nitrogens is 4. The Morgan fingerprint density at radius 2 is 0.887 bits per heavy atom. The maximum atomic E-state index is 5.38. The summed E-state index contributed by atoms with van der Waals surface area (Å²) in [5.41, 5.74) is 5.81. The van der Waals surface area contributed by atoms with Gasteiger partial charge in [-0.05, 0) is 39.7 Å². The van der Waals surface area contributed by atoms with Gasteiger partial charge in [-0.3, -0.25) is 0 Å². The lowest BCUT2D eigenvalue weighted by molar-refractivity contribution is 1.07. The van der Waals surface area contributed by atoms with E-state index in [0.717, 1.165) is 38.9 Å².